The summed E-state index contributed by atoms with van der Waals surface area (Å²) in [6.45, 7) is 1.04. The number of halogens is 1. The van der Waals surface area contributed by atoms with Crippen LogP contribution in [0.3, 0.4) is 0 Å². The Hall–Kier alpha value is -2.51. The highest BCUT2D eigenvalue weighted by molar-refractivity contribution is 6.32. The lowest BCUT2D eigenvalue weighted by molar-refractivity contribution is 0.0689. The molecular formula is C20H20ClNO6. The number of hydrogen-bond acceptors (Lipinski definition) is 5. The van der Waals surface area contributed by atoms with E-state index in [1.165, 1.54) is 12.3 Å². The van der Waals surface area contributed by atoms with Gasteiger partial charge in [0.15, 0.2) is 11.7 Å². The van der Waals surface area contributed by atoms with Crippen molar-refractivity contribution in [3.63, 3.8) is 0 Å². The number of pyridine rings is 1. The Morgan fingerprint density at radius 3 is 2.79 bits per heavy atom. The van der Waals surface area contributed by atoms with Gasteiger partial charge in [0.05, 0.1) is 17.3 Å². The number of rotatable bonds is 7. The van der Waals surface area contributed by atoms with E-state index in [-0.39, 0.29) is 17.7 Å². The van der Waals surface area contributed by atoms with Gasteiger partial charge in [-0.05, 0) is 18.9 Å². The van der Waals surface area contributed by atoms with Gasteiger partial charge in [0, 0.05) is 49.9 Å². The standard InChI is InChI=1S/C20H20ClNO6/c1-26-5-2-6-27-18-9-17-12(7-14(18)21)15-8-16(23)13(20(24)25)10-22(15)19(28-17)11-3-4-11/h7-11,19H,2-6H2,1H3,(H,24,25). The molecule has 1 aliphatic carbocycles. The minimum atomic E-state index is -1.25. The van der Waals surface area contributed by atoms with Crippen molar-refractivity contribution in [2.45, 2.75) is 25.5 Å². The largest absolute Gasteiger partial charge is 0.492 e. The number of carboxylic acids is 1. The van der Waals surface area contributed by atoms with Crippen LogP contribution in [0.5, 0.6) is 11.5 Å². The molecule has 1 N–H and O–H groups in total. The Labute approximate surface area is 166 Å². The van der Waals surface area contributed by atoms with Crippen LogP contribution in [-0.2, 0) is 4.74 Å². The smallest absolute Gasteiger partial charge is 0.341 e. The molecule has 1 saturated carbocycles. The Kier molecular flexibility index (Phi) is 5.03. The van der Waals surface area contributed by atoms with Crippen molar-refractivity contribution >= 4 is 17.6 Å². The predicted molar refractivity (Wildman–Crippen MR) is 102 cm³/mol. The zero-order chi connectivity index (χ0) is 19.8. The molecule has 0 spiro atoms. The molecular weight excluding hydrogens is 386 g/mol. The normalized spacial score (nSPS) is 17.4. The quantitative estimate of drug-likeness (QED) is 0.708. The highest BCUT2D eigenvalue weighted by Crippen LogP contribution is 2.49. The van der Waals surface area contributed by atoms with E-state index < -0.39 is 11.4 Å². The van der Waals surface area contributed by atoms with Crippen LogP contribution in [0.25, 0.3) is 11.3 Å². The Bertz CT molecular complexity index is 981. The first-order chi connectivity index (χ1) is 13.5. The molecule has 2 aromatic rings. The van der Waals surface area contributed by atoms with Gasteiger partial charge >= 0.3 is 5.97 Å². The van der Waals surface area contributed by atoms with E-state index in [0.717, 1.165) is 19.3 Å². The third kappa shape index (κ3) is 3.47. The van der Waals surface area contributed by atoms with E-state index in [9.17, 15) is 14.7 Å². The predicted octanol–water partition coefficient (Wildman–Crippen LogP) is 3.58. The molecule has 1 aromatic carbocycles. The summed E-state index contributed by atoms with van der Waals surface area (Å²) in [6.07, 6.45) is 3.72. The minimum Gasteiger partial charge on any atom is -0.492 e. The van der Waals surface area contributed by atoms with Crippen molar-refractivity contribution in [3.05, 3.63) is 45.2 Å². The second-order valence-corrected chi connectivity index (χ2v) is 7.38. The van der Waals surface area contributed by atoms with Crippen LogP contribution in [0, 0.1) is 5.92 Å². The summed E-state index contributed by atoms with van der Waals surface area (Å²) >= 11 is 6.38. The van der Waals surface area contributed by atoms with Crippen molar-refractivity contribution < 1.29 is 24.1 Å². The molecule has 2 aliphatic rings. The molecule has 1 unspecified atom stereocenters. The number of ether oxygens (including phenoxy) is 3. The van der Waals surface area contributed by atoms with E-state index in [4.69, 9.17) is 25.8 Å². The second-order valence-electron chi connectivity index (χ2n) is 6.97. The molecule has 28 heavy (non-hydrogen) atoms. The van der Waals surface area contributed by atoms with Gasteiger partial charge in [0.25, 0.3) is 0 Å². The number of carboxylic acid groups (broad SMARTS) is 1. The van der Waals surface area contributed by atoms with Crippen molar-refractivity contribution in [3.8, 4) is 22.8 Å². The SMILES string of the molecule is COCCCOc1cc2c(cc1Cl)-c1cc(=O)c(C(=O)O)cn1C(C1CC1)O2. The van der Waals surface area contributed by atoms with E-state index in [1.807, 2.05) is 0 Å². The highest BCUT2D eigenvalue weighted by Gasteiger charge is 2.39. The topological polar surface area (TPSA) is 87.0 Å². The van der Waals surface area contributed by atoms with Crippen LogP contribution in [0.4, 0.5) is 0 Å². The van der Waals surface area contributed by atoms with Crippen molar-refractivity contribution in [1.82, 2.24) is 4.57 Å². The number of fused-ring (bicyclic) bond motifs is 3. The van der Waals surface area contributed by atoms with Crippen LogP contribution in [0.15, 0.2) is 29.2 Å². The molecule has 0 amide bonds. The Morgan fingerprint density at radius 1 is 1.32 bits per heavy atom. The summed E-state index contributed by atoms with van der Waals surface area (Å²) in [7, 11) is 1.63. The second kappa shape index (κ2) is 7.48. The molecule has 1 fully saturated rings. The van der Waals surface area contributed by atoms with Gasteiger partial charge in [-0.3, -0.25) is 4.79 Å². The maximum Gasteiger partial charge on any atom is 0.341 e. The first-order valence-electron chi connectivity index (χ1n) is 9.11. The van der Waals surface area contributed by atoms with E-state index in [1.54, 1.807) is 23.8 Å². The van der Waals surface area contributed by atoms with Gasteiger partial charge in [-0.1, -0.05) is 11.6 Å². The summed E-state index contributed by atoms with van der Waals surface area (Å²) in [5.74, 6) is 0.103. The van der Waals surface area contributed by atoms with E-state index in [0.29, 0.717) is 41.0 Å². The van der Waals surface area contributed by atoms with E-state index >= 15 is 0 Å². The lowest BCUT2D eigenvalue weighted by Crippen LogP contribution is -2.28. The molecule has 1 atom stereocenters. The molecule has 148 valence electrons. The van der Waals surface area contributed by atoms with Gasteiger partial charge in [-0.15, -0.1) is 0 Å². The Balaban J connectivity index is 1.75. The molecule has 7 nitrogen and oxygen atoms in total. The van der Waals surface area contributed by atoms with Crippen LogP contribution >= 0.6 is 11.6 Å². The maximum absolute atomic E-state index is 12.3. The van der Waals surface area contributed by atoms with Crippen molar-refractivity contribution in [1.29, 1.82) is 0 Å². The third-order valence-corrected chi connectivity index (χ3v) is 5.21. The molecule has 4 rings (SSSR count). The number of aromatic carboxylic acids is 1. The van der Waals surface area contributed by atoms with Crippen LogP contribution < -0.4 is 14.9 Å². The number of aromatic nitrogens is 1. The number of nitrogens with zero attached hydrogens (tertiary/aromatic N) is 1. The first kappa shape index (κ1) is 18.8. The number of benzene rings is 1. The fraction of sp³-hybridized carbons (Fsp3) is 0.400. The van der Waals surface area contributed by atoms with Gasteiger partial charge in [-0.25, -0.2) is 4.79 Å². The lowest BCUT2D eigenvalue weighted by Gasteiger charge is -2.32. The number of hydrogen-bond donors (Lipinski definition) is 1. The Morgan fingerprint density at radius 2 is 2.11 bits per heavy atom. The molecule has 0 saturated heterocycles. The minimum absolute atomic E-state index is 0.273. The van der Waals surface area contributed by atoms with Gasteiger partial charge in [-0.2, -0.15) is 0 Å². The summed E-state index contributed by atoms with van der Waals surface area (Å²) in [5.41, 5.74) is 0.420. The highest BCUT2D eigenvalue weighted by atomic mass is 35.5. The van der Waals surface area contributed by atoms with E-state index in [2.05, 4.69) is 0 Å². The summed E-state index contributed by atoms with van der Waals surface area (Å²) < 4.78 is 18.7. The van der Waals surface area contributed by atoms with Crippen LogP contribution in [0.2, 0.25) is 5.02 Å². The summed E-state index contributed by atoms with van der Waals surface area (Å²) in [4.78, 5) is 23.7. The first-order valence-corrected chi connectivity index (χ1v) is 9.49. The fourth-order valence-corrected chi connectivity index (χ4v) is 3.57. The molecule has 2 heterocycles. The summed E-state index contributed by atoms with van der Waals surface area (Å²) in [5, 5.41) is 9.70. The molecule has 8 heteroatoms. The number of carbonyl (C=O) groups is 1. The third-order valence-electron chi connectivity index (χ3n) is 4.92. The van der Waals surface area contributed by atoms with Gasteiger partial charge < -0.3 is 23.9 Å². The average molecular weight is 406 g/mol. The maximum atomic E-state index is 12.3. The van der Waals surface area contributed by atoms with Crippen molar-refractivity contribution in [2.24, 2.45) is 5.92 Å². The molecule has 1 aromatic heterocycles. The molecule has 0 bridgehead atoms. The molecule has 1 aliphatic heterocycles. The average Bonchev–Trinajstić information content (AvgIpc) is 3.49. The van der Waals surface area contributed by atoms with Gasteiger partial charge in [0.1, 0.15) is 17.1 Å². The van der Waals surface area contributed by atoms with Crippen LogP contribution in [-0.4, -0.2) is 36.0 Å². The fourth-order valence-electron chi connectivity index (χ4n) is 3.36. The zero-order valence-corrected chi connectivity index (χ0v) is 16.1. The van der Waals surface area contributed by atoms with Gasteiger partial charge in [0.2, 0.25) is 0 Å². The van der Waals surface area contributed by atoms with Crippen molar-refractivity contribution in [2.75, 3.05) is 20.3 Å². The molecule has 0 radical (unpaired) electrons. The summed E-state index contributed by atoms with van der Waals surface area (Å²) in [6, 6.07) is 4.77. The zero-order valence-electron chi connectivity index (χ0n) is 15.3. The van der Waals surface area contributed by atoms with Crippen LogP contribution in [0.1, 0.15) is 35.8 Å². The number of methoxy groups -OCH3 is 1. The monoisotopic (exact) mass is 405 g/mol. The lowest BCUT2D eigenvalue weighted by atomic mass is 10.0.